The first-order valence-electron chi connectivity index (χ1n) is 7.70. The van der Waals surface area contributed by atoms with E-state index in [-0.39, 0.29) is 10.9 Å². The van der Waals surface area contributed by atoms with Crippen LogP contribution in [0.5, 0.6) is 0 Å². The van der Waals surface area contributed by atoms with Crippen LogP contribution in [0.3, 0.4) is 0 Å². The van der Waals surface area contributed by atoms with Gasteiger partial charge in [-0.3, -0.25) is 4.79 Å². The minimum Gasteiger partial charge on any atom is -0.329 e. The van der Waals surface area contributed by atoms with Crippen molar-refractivity contribution in [3.63, 3.8) is 0 Å². The molecule has 2 aromatic rings. The van der Waals surface area contributed by atoms with Crippen molar-refractivity contribution < 1.29 is 18.0 Å². The molecule has 25 heavy (non-hydrogen) atoms. The Hall–Kier alpha value is -2.22. The Bertz CT molecular complexity index is 802. The maximum absolute atomic E-state index is 12.9. The molecular formula is C17H18F3N3OS. The number of carbonyl (C=O) groups excluding carboxylic acids is 1. The van der Waals surface area contributed by atoms with Gasteiger partial charge in [-0.05, 0) is 44.6 Å². The molecule has 0 radical (unpaired) electrons. The first-order chi connectivity index (χ1) is 11.7. The number of hydrogen-bond donors (Lipinski definition) is 0. The minimum absolute atomic E-state index is 0.0761. The summed E-state index contributed by atoms with van der Waals surface area (Å²) in [5.41, 5.74) is -0.963. The summed E-state index contributed by atoms with van der Waals surface area (Å²) >= 11 is 0.898. The average Bonchev–Trinajstić information content (AvgIpc) is 3.16. The van der Waals surface area contributed by atoms with E-state index in [1.807, 2.05) is 24.6 Å². The molecule has 1 unspecified atom stereocenters. The van der Waals surface area contributed by atoms with Gasteiger partial charge in [0, 0.05) is 18.4 Å². The van der Waals surface area contributed by atoms with E-state index < -0.39 is 17.7 Å². The molecule has 1 atom stereocenters. The highest BCUT2D eigenvalue weighted by molar-refractivity contribution is 7.12. The number of ketones is 1. The van der Waals surface area contributed by atoms with Crippen molar-refractivity contribution in [3.05, 3.63) is 45.9 Å². The highest BCUT2D eigenvalue weighted by atomic mass is 32.1. The first kappa shape index (κ1) is 19.1. The fourth-order valence-corrected chi connectivity index (χ4v) is 3.00. The van der Waals surface area contributed by atoms with E-state index in [1.165, 1.54) is 13.0 Å². The summed E-state index contributed by atoms with van der Waals surface area (Å²) in [6, 6.07) is 0.238. The van der Waals surface area contributed by atoms with Crippen LogP contribution in [0.2, 0.25) is 0 Å². The number of aromatic nitrogens is 3. The lowest BCUT2D eigenvalue weighted by molar-refractivity contribution is -0.140. The molecule has 0 aliphatic heterocycles. The molecule has 0 aromatic carbocycles. The van der Waals surface area contributed by atoms with Gasteiger partial charge in [0.1, 0.15) is 5.82 Å². The number of halogens is 3. The number of thiazole rings is 1. The number of aryl methyl sites for hydroxylation is 1. The zero-order valence-corrected chi connectivity index (χ0v) is 14.9. The molecule has 0 N–H and O–H groups in total. The van der Waals surface area contributed by atoms with Crippen LogP contribution < -0.4 is 0 Å². The van der Waals surface area contributed by atoms with Crippen molar-refractivity contribution in [1.82, 2.24) is 14.5 Å². The van der Waals surface area contributed by atoms with Crippen LogP contribution in [0.1, 0.15) is 47.7 Å². The quantitative estimate of drug-likeness (QED) is 0.678. The van der Waals surface area contributed by atoms with Gasteiger partial charge in [0.05, 0.1) is 9.88 Å². The Kier molecular flexibility index (Phi) is 5.94. The van der Waals surface area contributed by atoms with E-state index in [0.717, 1.165) is 29.9 Å². The largest absolute Gasteiger partial charge is 0.434 e. The number of rotatable bonds is 6. The molecule has 2 aromatic heterocycles. The highest BCUT2D eigenvalue weighted by Gasteiger charge is 2.36. The third kappa shape index (κ3) is 4.88. The van der Waals surface area contributed by atoms with Gasteiger partial charge in [-0.25, -0.2) is 9.97 Å². The zero-order chi connectivity index (χ0) is 18.6. The number of imidazole rings is 1. The molecule has 0 spiro atoms. The molecular weight excluding hydrogens is 351 g/mol. The molecule has 0 fully saturated rings. The van der Waals surface area contributed by atoms with E-state index in [9.17, 15) is 18.0 Å². The maximum atomic E-state index is 12.9. The van der Waals surface area contributed by atoms with Crippen LogP contribution in [-0.4, -0.2) is 20.3 Å². The second-order valence-electron chi connectivity index (χ2n) is 5.46. The number of alkyl halides is 3. The van der Waals surface area contributed by atoms with Gasteiger partial charge in [-0.15, -0.1) is 11.3 Å². The summed E-state index contributed by atoms with van der Waals surface area (Å²) in [5.74, 6) is 0.207. The van der Waals surface area contributed by atoms with Gasteiger partial charge in [0.25, 0.3) is 0 Å². The lowest BCUT2D eigenvalue weighted by Gasteiger charge is -2.11. The Labute approximate surface area is 147 Å². The van der Waals surface area contributed by atoms with Crippen LogP contribution in [0.15, 0.2) is 24.5 Å². The summed E-state index contributed by atoms with van der Waals surface area (Å²) in [6.07, 6.45) is 4.95. The normalized spacial score (nSPS) is 13.8. The molecule has 0 aliphatic rings. The van der Waals surface area contributed by atoms with Gasteiger partial charge in [0.15, 0.2) is 11.5 Å². The van der Waals surface area contributed by atoms with Gasteiger partial charge in [0.2, 0.25) is 0 Å². The van der Waals surface area contributed by atoms with Crippen molar-refractivity contribution in [3.8, 4) is 0 Å². The fourth-order valence-electron chi connectivity index (χ4n) is 2.15. The van der Waals surface area contributed by atoms with Crippen molar-refractivity contribution >= 4 is 29.3 Å². The van der Waals surface area contributed by atoms with E-state index in [1.54, 1.807) is 12.3 Å². The lowest BCUT2D eigenvalue weighted by atomic mass is 10.2. The Balaban J connectivity index is 2.14. The Morgan fingerprint density at radius 3 is 2.68 bits per heavy atom. The van der Waals surface area contributed by atoms with Crippen molar-refractivity contribution in [2.75, 3.05) is 0 Å². The van der Waals surface area contributed by atoms with Crippen molar-refractivity contribution in [1.29, 1.82) is 0 Å². The van der Waals surface area contributed by atoms with Gasteiger partial charge in [-0.1, -0.05) is 6.92 Å². The SMILES string of the molecule is CCC(C)n1ccnc1/C=C/C(=O)/C=C/c1sc(C)nc1C(F)(F)F. The van der Waals surface area contributed by atoms with Crippen molar-refractivity contribution in [2.45, 2.75) is 39.4 Å². The van der Waals surface area contributed by atoms with Crippen LogP contribution in [0, 0.1) is 6.92 Å². The molecule has 0 aliphatic carbocycles. The Morgan fingerprint density at radius 1 is 1.36 bits per heavy atom. The number of allylic oxidation sites excluding steroid dienone is 2. The first-order valence-corrected chi connectivity index (χ1v) is 8.51. The molecule has 2 heterocycles. The summed E-state index contributed by atoms with van der Waals surface area (Å²) in [4.78, 5) is 19.5. The maximum Gasteiger partial charge on any atom is 0.434 e. The standard InChI is InChI=1S/C17H18F3N3OS/c1-4-11(2)23-10-9-21-15(23)8-6-13(24)5-7-14-16(17(18,19)20)22-12(3)25-14/h5-11H,4H2,1-3H3/b7-5+,8-6+. The van der Waals surface area contributed by atoms with E-state index in [4.69, 9.17) is 0 Å². The topological polar surface area (TPSA) is 47.8 Å². The molecule has 8 heteroatoms. The molecule has 4 nitrogen and oxygen atoms in total. The lowest BCUT2D eigenvalue weighted by Crippen LogP contribution is -2.07. The highest BCUT2D eigenvalue weighted by Crippen LogP contribution is 2.34. The molecule has 0 saturated carbocycles. The monoisotopic (exact) mass is 369 g/mol. The zero-order valence-electron chi connectivity index (χ0n) is 14.0. The summed E-state index contributed by atoms with van der Waals surface area (Å²) in [5, 5.41) is 0.297. The van der Waals surface area contributed by atoms with Gasteiger partial charge in [-0.2, -0.15) is 13.2 Å². The third-order valence-corrected chi connectivity index (χ3v) is 4.52. The molecule has 2 rings (SSSR count). The summed E-state index contributed by atoms with van der Waals surface area (Å²) in [7, 11) is 0. The summed E-state index contributed by atoms with van der Waals surface area (Å²) < 4.78 is 40.6. The van der Waals surface area contributed by atoms with E-state index in [0.29, 0.717) is 10.8 Å². The number of nitrogens with zero attached hydrogens (tertiary/aromatic N) is 3. The second-order valence-corrected chi connectivity index (χ2v) is 6.70. The van der Waals surface area contributed by atoms with Gasteiger partial charge >= 0.3 is 6.18 Å². The average molecular weight is 369 g/mol. The van der Waals surface area contributed by atoms with Crippen LogP contribution in [-0.2, 0) is 11.0 Å². The molecule has 0 amide bonds. The van der Waals surface area contributed by atoms with E-state index in [2.05, 4.69) is 9.97 Å². The van der Waals surface area contributed by atoms with Crippen LogP contribution >= 0.6 is 11.3 Å². The van der Waals surface area contributed by atoms with Crippen molar-refractivity contribution in [2.24, 2.45) is 0 Å². The second kappa shape index (κ2) is 7.77. The number of carbonyl (C=O) groups is 1. The predicted octanol–water partition coefficient (Wildman–Crippen LogP) is 4.93. The van der Waals surface area contributed by atoms with Crippen LogP contribution in [0.25, 0.3) is 12.2 Å². The fraction of sp³-hybridized carbons (Fsp3) is 0.353. The molecule has 134 valence electrons. The van der Waals surface area contributed by atoms with Gasteiger partial charge < -0.3 is 4.57 Å². The smallest absolute Gasteiger partial charge is 0.329 e. The van der Waals surface area contributed by atoms with E-state index >= 15 is 0 Å². The Morgan fingerprint density at radius 2 is 2.04 bits per heavy atom. The molecule has 0 saturated heterocycles. The third-order valence-electron chi connectivity index (χ3n) is 3.59. The minimum atomic E-state index is -4.54. The summed E-state index contributed by atoms with van der Waals surface area (Å²) in [6.45, 7) is 5.57. The number of hydrogen-bond acceptors (Lipinski definition) is 4. The molecule has 0 bridgehead atoms. The predicted molar refractivity (Wildman–Crippen MR) is 92.2 cm³/mol. The van der Waals surface area contributed by atoms with Crippen LogP contribution in [0.4, 0.5) is 13.2 Å².